The standard InChI is InChI=1S/C17H22N/c1-11-7-13(3)17(14(4)8-11)16-10-12(2)9-15(5)18(16)6/h7-10H,1-6H3/q+1/i1D3. The lowest BCUT2D eigenvalue weighted by atomic mass is 9.96. The number of hydrogen-bond acceptors (Lipinski definition) is 0. The molecule has 0 saturated heterocycles. The van der Waals surface area contributed by atoms with E-state index in [0.29, 0.717) is 5.56 Å². The van der Waals surface area contributed by atoms with Gasteiger partial charge in [0.05, 0.1) is 5.56 Å². The van der Waals surface area contributed by atoms with Crippen molar-refractivity contribution >= 4 is 0 Å². The van der Waals surface area contributed by atoms with Crippen molar-refractivity contribution in [1.29, 1.82) is 0 Å². The molecule has 0 unspecified atom stereocenters. The Hall–Kier alpha value is -1.63. The highest BCUT2D eigenvalue weighted by Crippen LogP contribution is 2.26. The van der Waals surface area contributed by atoms with E-state index in [2.05, 4.69) is 30.5 Å². The van der Waals surface area contributed by atoms with Crippen LogP contribution in [0.1, 0.15) is 32.1 Å². The largest absolute Gasteiger partial charge is 0.213 e. The highest BCUT2D eigenvalue weighted by atomic mass is 14.9. The third kappa shape index (κ3) is 2.17. The van der Waals surface area contributed by atoms with Crippen molar-refractivity contribution < 1.29 is 8.68 Å². The number of benzene rings is 1. The topological polar surface area (TPSA) is 3.88 Å². The fourth-order valence-corrected chi connectivity index (χ4v) is 2.58. The summed E-state index contributed by atoms with van der Waals surface area (Å²) in [5.74, 6) is 0. The first kappa shape index (κ1) is 9.32. The minimum Gasteiger partial charge on any atom is -0.199 e. The van der Waals surface area contributed by atoms with Gasteiger partial charge in [0.2, 0.25) is 5.69 Å². The van der Waals surface area contributed by atoms with E-state index in [-0.39, 0.29) is 0 Å². The highest BCUT2D eigenvalue weighted by Gasteiger charge is 2.17. The van der Waals surface area contributed by atoms with Crippen LogP contribution in [-0.2, 0) is 7.05 Å². The molecular formula is C17H22N+. The van der Waals surface area contributed by atoms with E-state index in [4.69, 9.17) is 4.11 Å². The van der Waals surface area contributed by atoms with Crippen molar-refractivity contribution in [2.24, 2.45) is 7.05 Å². The summed E-state index contributed by atoms with van der Waals surface area (Å²) in [4.78, 5) is 0. The van der Waals surface area contributed by atoms with E-state index in [1.165, 1.54) is 11.3 Å². The molecule has 0 spiro atoms. The monoisotopic (exact) mass is 243 g/mol. The van der Waals surface area contributed by atoms with Gasteiger partial charge in [0.15, 0.2) is 5.69 Å². The molecule has 0 aliphatic rings. The maximum atomic E-state index is 7.58. The average Bonchev–Trinajstić information content (AvgIpc) is 2.32. The Bertz CT molecular complexity index is 677. The van der Waals surface area contributed by atoms with Gasteiger partial charge in [-0.05, 0) is 44.3 Å². The SMILES string of the molecule is [2H]C([2H])([2H])c1cc(C)c(-c2cc(C)cc(C)[n+]2C)c(C)c1. The lowest BCUT2D eigenvalue weighted by Gasteiger charge is -2.11. The van der Waals surface area contributed by atoms with Gasteiger partial charge in [-0.2, -0.15) is 4.57 Å². The van der Waals surface area contributed by atoms with Gasteiger partial charge in [-0.15, -0.1) is 0 Å². The maximum Gasteiger partial charge on any atom is 0.213 e. The van der Waals surface area contributed by atoms with E-state index < -0.39 is 6.85 Å². The normalized spacial score (nSPS) is 13.9. The zero-order chi connectivity index (χ0) is 15.9. The quantitative estimate of drug-likeness (QED) is 0.672. The molecule has 0 atom stereocenters. The van der Waals surface area contributed by atoms with Crippen molar-refractivity contribution in [3.63, 3.8) is 0 Å². The van der Waals surface area contributed by atoms with Crippen LogP contribution in [0.25, 0.3) is 11.3 Å². The van der Waals surface area contributed by atoms with Crippen molar-refractivity contribution in [1.82, 2.24) is 0 Å². The molecule has 18 heavy (non-hydrogen) atoms. The van der Waals surface area contributed by atoms with Crippen LogP contribution < -0.4 is 4.57 Å². The molecule has 0 saturated carbocycles. The molecule has 1 aromatic heterocycles. The Morgan fingerprint density at radius 3 is 2.06 bits per heavy atom. The first-order valence-corrected chi connectivity index (χ1v) is 6.20. The van der Waals surface area contributed by atoms with Crippen LogP contribution in [0.5, 0.6) is 0 Å². The lowest BCUT2D eigenvalue weighted by Crippen LogP contribution is -2.35. The molecule has 0 radical (unpaired) electrons. The van der Waals surface area contributed by atoms with Crippen molar-refractivity contribution in [2.75, 3.05) is 0 Å². The molecule has 0 bridgehead atoms. The average molecular weight is 243 g/mol. The fourth-order valence-electron chi connectivity index (χ4n) is 2.58. The molecule has 2 rings (SSSR count). The van der Waals surface area contributed by atoms with E-state index in [1.54, 1.807) is 12.1 Å². The summed E-state index contributed by atoms with van der Waals surface area (Å²) in [6, 6.07) is 7.86. The van der Waals surface area contributed by atoms with E-state index in [9.17, 15) is 0 Å². The van der Waals surface area contributed by atoms with Gasteiger partial charge in [-0.1, -0.05) is 17.7 Å². The Morgan fingerprint density at radius 1 is 0.889 bits per heavy atom. The van der Waals surface area contributed by atoms with Crippen molar-refractivity contribution in [2.45, 2.75) is 34.5 Å². The second-order valence-corrected chi connectivity index (χ2v) is 5.10. The number of hydrogen-bond donors (Lipinski definition) is 0. The van der Waals surface area contributed by atoms with Gasteiger partial charge in [-0.3, -0.25) is 0 Å². The summed E-state index contributed by atoms with van der Waals surface area (Å²) in [6.07, 6.45) is 0. The Kier molecular flexibility index (Phi) is 2.36. The molecule has 1 nitrogen and oxygen atoms in total. The summed E-state index contributed by atoms with van der Waals surface area (Å²) in [5.41, 5.74) is 7.05. The van der Waals surface area contributed by atoms with E-state index >= 15 is 0 Å². The zero-order valence-corrected chi connectivity index (χ0v) is 11.8. The van der Waals surface area contributed by atoms with Gasteiger partial charge < -0.3 is 0 Å². The van der Waals surface area contributed by atoms with Crippen molar-refractivity contribution in [3.8, 4) is 11.3 Å². The number of aryl methyl sites for hydroxylation is 5. The maximum absolute atomic E-state index is 7.58. The van der Waals surface area contributed by atoms with Gasteiger partial charge in [0.25, 0.3) is 0 Å². The molecule has 1 heteroatoms. The summed E-state index contributed by atoms with van der Waals surface area (Å²) in [5, 5.41) is 0. The van der Waals surface area contributed by atoms with E-state index in [1.807, 2.05) is 20.9 Å². The van der Waals surface area contributed by atoms with Crippen LogP contribution in [-0.4, -0.2) is 0 Å². The Morgan fingerprint density at radius 2 is 1.50 bits per heavy atom. The molecular weight excluding hydrogens is 218 g/mol. The predicted molar refractivity (Wildman–Crippen MR) is 76.7 cm³/mol. The summed E-state index contributed by atoms with van der Waals surface area (Å²) in [7, 11) is 2.04. The molecule has 94 valence electrons. The number of aromatic nitrogens is 1. The molecule has 2 aromatic rings. The molecule has 1 aromatic carbocycles. The van der Waals surface area contributed by atoms with Crippen LogP contribution in [0, 0.1) is 34.5 Å². The smallest absolute Gasteiger partial charge is 0.199 e. The van der Waals surface area contributed by atoms with Gasteiger partial charge >= 0.3 is 0 Å². The minimum atomic E-state index is -2.06. The summed E-state index contributed by atoms with van der Waals surface area (Å²) in [6.45, 7) is 6.07. The van der Waals surface area contributed by atoms with Crippen LogP contribution in [0.2, 0.25) is 0 Å². The van der Waals surface area contributed by atoms with Crippen LogP contribution in [0.4, 0.5) is 0 Å². The highest BCUT2D eigenvalue weighted by molar-refractivity contribution is 5.66. The van der Waals surface area contributed by atoms with Crippen LogP contribution in [0.15, 0.2) is 24.3 Å². The second kappa shape index (κ2) is 4.56. The number of nitrogens with zero attached hydrogens (tertiary/aromatic N) is 1. The van der Waals surface area contributed by atoms with Crippen molar-refractivity contribution in [3.05, 3.63) is 52.2 Å². The van der Waals surface area contributed by atoms with Crippen LogP contribution >= 0.6 is 0 Å². The zero-order valence-electron chi connectivity index (χ0n) is 14.8. The number of pyridine rings is 1. The van der Waals surface area contributed by atoms with Gasteiger partial charge in [0.1, 0.15) is 7.05 Å². The second-order valence-electron chi connectivity index (χ2n) is 5.10. The van der Waals surface area contributed by atoms with Crippen LogP contribution in [0.3, 0.4) is 0 Å². The summed E-state index contributed by atoms with van der Waals surface area (Å²) < 4.78 is 24.9. The first-order chi connectivity index (χ1) is 9.61. The third-order valence-electron chi connectivity index (χ3n) is 3.48. The molecule has 0 aliphatic carbocycles. The third-order valence-corrected chi connectivity index (χ3v) is 3.48. The summed E-state index contributed by atoms with van der Waals surface area (Å²) >= 11 is 0. The number of rotatable bonds is 1. The fraction of sp³-hybridized carbons (Fsp3) is 0.353. The molecule has 0 aliphatic heterocycles. The van der Waals surface area contributed by atoms with Gasteiger partial charge in [-0.25, -0.2) is 0 Å². The lowest BCUT2D eigenvalue weighted by molar-refractivity contribution is -0.666. The first-order valence-electron chi connectivity index (χ1n) is 7.70. The molecule has 0 N–H and O–H groups in total. The Balaban J connectivity index is 2.72. The van der Waals surface area contributed by atoms with Gasteiger partial charge in [0, 0.05) is 23.2 Å². The molecule has 0 amide bonds. The van der Waals surface area contributed by atoms with E-state index in [0.717, 1.165) is 22.4 Å². The molecule has 0 fully saturated rings. The molecule has 1 heterocycles. The predicted octanol–water partition coefficient (Wildman–Crippen LogP) is 3.72. The minimum absolute atomic E-state index is 0.410. The Labute approximate surface area is 114 Å².